The van der Waals surface area contributed by atoms with E-state index in [9.17, 15) is 9.59 Å². The molecule has 0 aliphatic heterocycles. The molecule has 0 heterocycles. The molecule has 0 radical (unpaired) electrons. The Balaban J connectivity index is 3.27. The molecular formula is C10H18O4. The van der Waals surface area contributed by atoms with Crippen LogP contribution in [-0.2, 0) is 19.1 Å². The number of ether oxygens (including phenoxy) is 2. The van der Waals surface area contributed by atoms with Gasteiger partial charge >= 0.3 is 5.97 Å². The summed E-state index contributed by atoms with van der Waals surface area (Å²) < 4.78 is 9.94. The van der Waals surface area contributed by atoms with Gasteiger partial charge in [0.1, 0.15) is 18.8 Å². The van der Waals surface area contributed by atoms with Crippen LogP contribution in [0.2, 0.25) is 0 Å². The maximum atomic E-state index is 10.9. The summed E-state index contributed by atoms with van der Waals surface area (Å²) >= 11 is 0. The molecule has 0 aromatic carbocycles. The monoisotopic (exact) mass is 202 g/mol. The lowest BCUT2D eigenvalue weighted by atomic mass is 10.2. The third-order valence-electron chi connectivity index (χ3n) is 1.34. The second-order valence-corrected chi connectivity index (χ2v) is 3.57. The molecule has 0 unspecified atom stereocenters. The molecule has 0 saturated carbocycles. The maximum absolute atomic E-state index is 10.9. The Kier molecular flexibility index (Phi) is 7.02. The average molecular weight is 202 g/mol. The number of esters is 1. The topological polar surface area (TPSA) is 52.6 Å². The minimum Gasteiger partial charge on any atom is -0.463 e. The molecular weight excluding hydrogens is 184 g/mol. The lowest BCUT2D eigenvalue weighted by Gasteiger charge is -2.06. The third-order valence-corrected chi connectivity index (χ3v) is 1.34. The van der Waals surface area contributed by atoms with E-state index >= 15 is 0 Å². The molecule has 0 amide bonds. The van der Waals surface area contributed by atoms with Crippen molar-refractivity contribution >= 4 is 11.8 Å². The van der Waals surface area contributed by atoms with Gasteiger partial charge in [0.05, 0.1) is 6.61 Å². The van der Waals surface area contributed by atoms with E-state index in [2.05, 4.69) is 0 Å². The van der Waals surface area contributed by atoms with E-state index in [1.807, 2.05) is 13.8 Å². The molecule has 0 atom stereocenters. The van der Waals surface area contributed by atoms with E-state index in [1.54, 1.807) is 0 Å². The average Bonchev–Trinajstić information content (AvgIpc) is 2.01. The van der Waals surface area contributed by atoms with Crippen molar-refractivity contribution in [3.8, 4) is 0 Å². The summed E-state index contributed by atoms with van der Waals surface area (Å²) in [7, 11) is 0. The van der Waals surface area contributed by atoms with Gasteiger partial charge in [0.2, 0.25) is 0 Å². The number of rotatable bonds is 7. The summed E-state index contributed by atoms with van der Waals surface area (Å²) in [4.78, 5) is 21.4. The fourth-order valence-electron chi connectivity index (χ4n) is 0.788. The first kappa shape index (κ1) is 13.1. The highest BCUT2D eigenvalue weighted by atomic mass is 16.6. The van der Waals surface area contributed by atoms with Crippen molar-refractivity contribution in [2.45, 2.75) is 27.2 Å². The molecule has 0 aromatic rings. The van der Waals surface area contributed by atoms with Gasteiger partial charge in [0.25, 0.3) is 0 Å². The normalized spacial score (nSPS) is 10.3. The summed E-state index contributed by atoms with van der Waals surface area (Å²) in [5.41, 5.74) is 0. The second-order valence-electron chi connectivity index (χ2n) is 3.57. The highest BCUT2D eigenvalue weighted by Crippen LogP contribution is 1.93. The zero-order valence-electron chi connectivity index (χ0n) is 9.04. The third kappa shape index (κ3) is 9.19. The Morgan fingerprint density at radius 2 is 1.86 bits per heavy atom. The Morgan fingerprint density at radius 3 is 2.36 bits per heavy atom. The van der Waals surface area contributed by atoms with Gasteiger partial charge in [-0.25, -0.2) is 0 Å². The van der Waals surface area contributed by atoms with E-state index in [4.69, 9.17) is 9.47 Å². The predicted molar refractivity (Wildman–Crippen MR) is 51.9 cm³/mol. The van der Waals surface area contributed by atoms with Crippen molar-refractivity contribution in [1.29, 1.82) is 0 Å². The van der Waals surface area contributed by atoms with Gasteiger partial charge in [-0.3, -0.25) is 9.59 Å². The lowest BCUT2D eigenvalue weighted by molar-refractivity contribution is -0.147. The summed E-state index contributed by atoms with van der Waals surface area (Å²) in [6.07, 6.45) is -0.149. The Bertz CT molecular complexity index is 187. The molecule has 82 valence electrons. The fraction of sp³-hybridized carbons (Fsp3) is 0.800. The summed E-state index contributed by atoms with van der Waals surface area (Å²) in [5, 5.41) is 0. The van der Waals surface area contributed by atoms with Gasteiger partial charge in [-0.05, 0) is 12.8 Å². The predicted octanol–water partition coefficient (Wildman–Crippen LogP) is 1.18. The van der Waals surface area contributed by atoms with Gasteiger partial charge in [0, 0.05) is 6.61 Å². The van der Waals surface area contributed by atoms with E-state index in [1.165, 1.54) is 6.92 Å². The molecule has 0 fully saturated rings. The van der Waals surface area contributed by atoms with Gasteiger partial charge in [-0.15, -0.1) is 0 Å². The molecule has 4 heteroatoms. The van der Waals surface area contributed by atoms with E-state index in [0.29, 0.717) is 19.1 Å². The zero-order chi connectivity index (χ0) is 11.0. The smallest absolute Gasteiger partial charge is 0.313 e. The molecule has 0 N–H and O–H groups in total. The number of Topliss-reactive ketones (excluding diaryl/α,β-unsaturated/α-hetero) is 1. The van der Waals surface area contributed by atoms with Gasteiger partial charge < -0.3 is 9.47 Å². The first-order valence-electron chi connectivity index (χ1n) is 4.75. The molecule has 0 saturated heterocycles. The summed E-state index contributed by atoms with van der Waals surface area (Å²) in [6.45, 7) is 6.71. The summed E-state index contributed by atoms with van der Waals surface area (Å²) in [5.74, 6) is -0.188. The molecule has 0 aromatic heterocycles. The Hall–Kier alpha value is -0.900. The van der Waals surface area contributed by atoms with Crippen LogP contribution in [0.25, 0.3) is 0 Å². The zero-order valence-corrected chi connectivity index (χ0v) is 9.04. The molecule has 0 spiro atoms. The Morgan fingerprint density at radius 1 is 1.21 bits per heavy atom. The lowest BCUT2D eigenvalue weighted by Crippen LogP contribution is -2.14. The van der Waals surface area contributed by atoms with Crippen LogP contribution >= 0.6 is 0 Å². The van der Waals surface area contributed by atoms with Crippen molar-refractivity contribution in [2.75, 3.05) is 19.8 Å². The van der Waals surface area contributed by atoms with Crippen LogP contribution in [0.1, 0.15) is 27.2 Å². The van der Waals surface area contributed by atoms with Crippen LogP contribution < -0.4 is 0 Å². The molecule has 14 heavy (non-hydrogen) atoms. The van der Waals surface area contributed by atoms with E-state index < -0.39 is 5.97 Å². The molecule has 0 rings (SSSR count). The van der Waals surface area contributed by atoms with Gasteiger partial charge in [-0.1, -0.05) is 13.8 Å². The van der Waals surface area contributed by atoms with Crippen LogP contribution in [0.15, 0.2) is 0 Å². The molecule has 4 nitrogen and oxygen atoms in total. The molecule has 0 bridgehead atoms. The van der Waals surface area contributed by atoms with Crippen molar-refractivity contribution in [1.82, 2.24) is 0 Å². The molecule has 0 aliphatic carbocycles. The first-order chi connectivity index (χ1) is 6.52. The van der Waals surface area contributed by atoms with E-state index in [-0.39, 0.29) is 18.8 Å². The van der Waals surface area contributed by atoms with Crippen LogP contribution in [0.5, 0.6) is 0 Å². The summed E-state index contributed by atoms with van der Waals surface area (Å²) in [6, 6.07) is 0. The second kappa shape index (κ2) is 7.50. The number of hydrogen-bond donors (Lipinski definition) is 0. The van der Waals surface area contributed by atoms with Gasteiger partial charge in [-0.2, -0.15) is 0 Å². The van der Waals surface area contributed by atoms with Crippen LogP contribution in [-0.4, -0.2) is 31.6 Å². The van der Waals surface area contributed by atoms with Crippen molar-refractivity contribution in [3.63, 3.8) is 0 Å². The highest BCUT2D eigenvalue weighted by molar-refractivity contribution is 5.94. The van der Waals surface area contributed by atoms with Gasteiger partial charge in [0.15, 0.2) is 0 Å². The Labute approximate surface area is 84.6 Å². The minimum atomic E-state index is -0.481. The molecule has 0 aliphatic rings. The minimum absolute atomic E-state index is 0.149. The number of carbonyl (C=O) groups excluding carboxylic acids is 2. The van der Waals surface area contributed by atoms with Crippen molar-refractivity contribution in [3.05, 3.63) is 0 Å². The number of carbonyl (C=O) groups is 2. The first-order valence-corrected chi connectivity index (χ1v) is 4.75. The fourth-order valence-corrected chi connectivity index (χ4v) is 0.788. The number of hydrogen-bond acceptors (Lipinski definition) is 4. The quantitative estimate of drug-likeness (QED) is 0.353. The standard InChI is InChI=1S/C10H18O4/c1-8(2)7-13-4-5-14-10(12)6-9(3)11/h8H,4-7H2,1-3H3. The van der Waals surface area contributed by atoms with E-state index in [0.717, 1.165) is 0 Å². The number of ketones is 1. The van der Waals surface area contributed by atoms with Crippen LogP contribution in [0, 0.1) is 5.92 Å². The van der Waals surface area contributed by atoms with Crippen molar-refractivity contribution in [2.24, 2.45) is 5.92 Å². The largest absolute Gasteiger partial charge is 0.463 e. The highest BCUT2D eigenvalue weighted by Gasteiger charge is 2.05. The van der Waals surface area contributed by atoms with Crippen LogP contribution in [0.3, 0.4) is 0 Å². The van der Waals surface area contributed by atoms with Crippen LogP contribution in [0.4, 0.5) is 0 Å². The SMILES string of the molecule is CC(=O)CC(=O)OCCOCC(C)C. The van der Waals surface area contributed by atoms with Crippen molar-refractivity contribution < 1.29 is 19.1 Å². The maximum Gasteiger partial charge on any atom is 0.313 e.